The molecule has 1 aromatic rings. The third kappa shape index (κ3) is 5.17. The molecule has 1 heterocycles. The van der Waals surface area contributed by atoms with E-state index in [1.54, 1.807) is 18.2 Å². The molecule has 0 aliphatic carbocycles. The van der Waals surface area contributed by atoms with E-state index in [-0.39, 0.29) is 30.4 Å². The monoisotopic (exact) mass is 360 g/mol. The first-order valence-corrected chi connectivity index (χ1v) is 9.43. The van der Waals surface area contributed by atoms with Gasteiger partial charge in [-0.05, 0) is 32.0 Å². The Morgan fingerprint density at radius 1 is 1.35 bits per heavy atom. The smallest absolute Gasteiger partial charge is 0.251 e. The highest BCUT2D eigenvalue weighted by molar-refractivity contribution is 7.89. The van der Waals surface area contributed by atoms with Crippen molar-refractivity contribution in [3.63, 3.8) is 0 Å². The fourth-order valence-corrected chi connectivity index (χ4v) is 4.19. The number of ether oxygens (including phenoxy) is 1. The first-order chi connectivity index (χ1) is 10.8. The van der Waals surface area contributed by atoms with Crippen molar-refractivity contribution < 1.29 is 17.9 Å². The fraction of sp³-hybridized carbons (Fsp3) is 0.533. The largest absolute Gasteiger partial charge is 0.373 e. The summed E-state index contributed by atoms with van der Waals surface area (Å²) in [5.74, 6) is -0.481. The lowest BCUT2D eigenvalue weighted by molar-refractivity contribution is -0.0440. The molecule has 1 N–H and O–H groups in total. The van der Waals surface area contributed by atoms with Crippen molar-refractivity contribution >= 4 is 27.5 Å². The van der Waals surface area contributed by atoms with Crippen LogP contribution in [-0.2, 0) is 14.8 Å². The lowest BCUT2D eigenvalue weighted by Gasteiger charge is -2.34. The summed E-state index contributed by atoms with van der Waals surface area (Å²) in [6.07, 6.45) is -0.260. The van der Waals surface area contributed by atoms with Crippen LogP contribution in [0.1, 0.15) is 24.2 Å². The Bertz CT molecular complexity index is 655. The van der Waals surface area contributed by atoms with Gasteiger partial charge in [0.2, 0.25) is 10.0 Å². The van der Waals surface area contributed by atoms with Crippen LogP contribution in [0.5, 0.6) is 0 Å². The second-order valence-corrected chi connectivity index (χ2v) is 8.18. The molecule has 8 heteroatoms. The number of rotatable bonds is 5. The summed E-state index contributed by atoms with van der Waals surface area (Å²) in [7, 11) is -3.42. The molecule has 0 spiro atoms. The molecule has 0 saturated carbocycles. The van der Waals surface area contributed by atoms with Gasteiger partial charge in [-0.25, -0.2) is 8.42 Å². The van der Waals surface area contributed by atoms with E-state index in [0.717, 1.165) is 0 Å². The second-order valence-electron chi connectivity index (χ2n) is 5.66. The van der Waals surface area contributed by atoms with E-state index < -0.39 is 10.0 Å². The van der Waals surface area contributed by atoms with E-state index in [1.807, 2.05) is 13.8 Å². The Morgan fingerprint density at radius 2 is 2.00 bits per heavy atom. The van der Waals surface area contributed by atoms with Crippen LogP contribution < -0.4 is 5.32 Å². The van der Waals surface area contributed by atoms with Crippen molar-refractivity contribution in [3.05, 3.63) is 34.9 Å². The van der Waals surface area contributed by atoms with Gasteiger partial charge in [0.15, 0.2) is 0 Å². The van der Waals surface area contributed by atoms with Crippen LogP contribution in [0.25, 0.3) is 0 Å². The number of sulfonamides is 1. The number of halogens is 1. The highest BCUT2D eigenvalue weighted by atomic mass is 35.5. The number of carbonyl (C=O) groups excluding carboxylic acids is 1. The highest BCUT2D eigenvalue weighted by Gasteiger charge is 2.30. The molecule has 128 valence electrons. The molecule has 1 aliphatic rings. The Kier molecular flexibility index (Phi) is 6.02. The van der Waals surface area contributed by atoms with Crippen LogP contribution in [0, 0.1) is 0 Å². The van der Waals surface area contributed by atoms with E-state index in [9.17, 15) is 13.2 Å². The van der Waals surface area contributed by atoms with Crippen LogP contribution in [-0.4, -0.2) is 56.2 Å². The lowest BCUT2D eigenvalue weighted by Crippen LogP contribution is -2.49. The zero-order valence-electron chi connectivity index (χ0n) is 13.2. The van der Waals surface area contributed by atoms with Crippen LogP contribution in [0.4, 0.5) is 0 Å². The number of benzene rings is 1. The molecule has 0 unspecified atom stereocenters. The van der Waals surface area contributed by atoms with Gasteiger partial charge in [0, 0.05) is 30.2 Å². The molecular formula is C15H21ClN2O4S. The molecule has 0 bridgehead atoms. The summed E-state index contributed by atoms with van der Waals surface area (Å²) >= 11 is 5.83. The van der Waals surface area contributed by atoms with Crippen molar-refractivity contribution in [2.24, 2.45) is 0 Å². The average Bonchev–Trinajstić information content (AvgIpc) is 2.46. The standard InChI is InChI=1S/C15H21ClN2O4S/c1-11-9-18(10-12(2)22-11)23(20,21)7-6-17-15(19)13-4-3-5-14(16)8-13/h3-5,8,11-12H,6-7,9-10H2,1-2H3,(H,17,19)/t11-,12+. The number of nitrogens with zero attached hydrogens (tertiary/aromatic N) is 1. The lowest BCUT2D eigenvalue weighted by atomic mass is 10.2. The number of morpholine rings is 1. The van der Waals surface area contributed by atoms with Gasteiger partial charge in [-0.3, -0.25) is 4.79 Å². The average molecular weight is 361 g/mol. The minimum Gasteiger partial charge on any atom is -0.373 e. The summed E-state index contributed by atoms with van der Waals surface area (Å²) in [6, 6.07) is 6.51. The Hall–Kier alpha value is -1.15. The minimum absolute atomic E-state index is 0.0494. The SMILES string of the molecule is C[C@@H]1CN(S(=O)(=O)CCNC(=O)c2cccc(Cl)c2)C[C@H](C)O1. The molecule has 2 atom stereocenters. The predicted molar refractivity (Wildman–Crippen MR) is 89.2 cm³/mol. The summed E-state index contributed by atoms with van der Waals surface area (Å²) in [4.78, 5) is 12.0. The zero-order valence-corrected chi connectivity index (χ0v) is 14.7. The fourth-order valence-electron chi connectivity index (χ4n) is 2.51. The van der Waals surface area contributed by atoms with Gasteiger partial charge in [-0.2, -0.15) is 4.31 Å². The molecule has 23 heavy (non-hydrogen) atoms. The first kappa shape index (κ1) is 18.2. The molecule has 1 amide bonds. The molecule has 2 rings (SSSR count). The molecule has 6 nitrogen and oxygen atoms in total. The number of hydrogen-bond donors (Lipinski definition) is 1. The van der Waals surface area contributed by atoms with E-state index >= 15 is 0 Å². The number of nitrogens with one attached hydrogen (secondary N) is 1. The topological polar surface area (TPSA) is 75.7 Å². The summed E-state index contributed by atoms with van der Waals surface area (Å²) in [5, 5.41) is 3.07. The normalized spacial score (nSPS) is 22.7. The van der Waals surface area contributed by atoms with Crippen molar-refractivity contribution in [2.45, 2.75) is 26.1 Å². The van der Waals surface area contributed by atoms with Gasteiger partial charge in [0.25, 0.3) is 5.91 Å². The van der Waals surface area contributed by atoms with Crippen LogP contribution in [0.3, 0.4) is 0 Å². The van der Waals surface area contributed by atoms with E-state index in [2.05, 4.69) is 5.32 Å². The maximum atomic E-state index is 12.3. The van der Waals surface area contributed by atoms with Crippen molar-refractivity contribution in [2.75, 3.05) is 25.4 Å². The van der Waals surface area contributed by atoms with Crippen LogP contribution in [0.15, 0.2) is 24.3 Å². The van der Waals surface area contributed by atoms with Gasteiger partial charge in [-0.1, -0.05) is 17.7 Å². The van der Waals surface area contributed by atoms with Crippen LogP contribution >= 0.6 is 11.6 Å². The van der Waals surface area contributed by atoms with E-state index in [0.29, 0.717) is 23.7 Å². The van der Waals surface area contributed by atoms with Crippen molar-refractivity contribution in [3.8, 4) is 0 Å². The Labute approximate surface area is 141 Å². The van der Waals surface area contributed by atoms with Gasteiger partial charge in [-0.15, -0.1) is 0 Å². The maximum absolute atomic E-state index is 12.3. The van der Waals surface area contributed by atoms with E-state index in [4.69, 9.17) is 16.3 Å². The molecule has 1 aromatic carbocycles. The van der Waals surface area contributed by atoms with Crippen molar-refractivity contribution in [1.82, 2.24) is 9.62 Å². The minimum atomic E-state index is -3.42. The first-order valence-electron chi connectivity index (χ1n) is 7.45. The molecule has 1 aliphatic heterocycles. The third-order valence-electron chi connectivity index (χ3n) is 3.51. The zero-order chi connectivity index (χ0) is 17.0. The molecule has 0 radical (unpaired) electrons. The van der Waals surface area contributed by atoms with E-state index in [1.165, 1.54) is 10.4 Å². The van der Waals surface area contributed by atoms with Gasteiger partial charge in [0.05, 0.1) is 18.0 Å². The Balaban J connectivity index is 1.88. The maximum Gasteiger partial charge on any atom is 0.251 e. The molecule has 1 fully saturated rings. The Morgan fingerprint density at radius 3 is 2.61 bits per heavy atom. The number of hydrogen-bond acceptors (Lipinski definition) is 4. The second kappa shape index (κ2) is 7.61. The summed E-state index contributed by atoms with van der Waals surface area (Å²) in [6.45, 7) is 4.43. The quantitative estimate of drug-likeness (QED) is 0.863. The number of carbonyl (C=O) groups is 1. The molecule has 0 aromatic heterocycles. The third-order valence-corrected chi connectivity index (χ3v) is 5.55. The van der Waals surface area contributed by atoms with Crippen LogP contribution in [0.2, 0.25) is 5.02 Å². The predicted octanol–water partition coefficient (Wildman–Crippen LogP) is 1.51. The van der Waals surface area contributed by atoms with Gasteiger partial charge < -0.3 is 10.1 Å². The van der Waals surface area contributed by atoms with Crippen molar-refractivity contribution in [1.29, 1.82) is 0 Å². The van der Waals surface area contributed by atoms with Gasteiger partial charge >= 0.3 is 0 Å². The molecule has 1 saturated heterocycles. The highest BCUT2D eigenvalue weighted by Crippen LogP contribution is 2.15. The summed E-state index contributed by atoms with van der Waals surface area (Å²) < 4.78 is 31.7. The van der Waals surface area contributed by atoms with Gasteiger partial charge in [0.1, 0.15) is 0 Å². The molecular weight excluding hydrogens is 340 g/mol. The number of amides is 1. The summed E-state index contributed by atoms with van der Waals surface area (Å²) in [5.41, 5.74) is 0.406.